The SMILES string of the molecule is CCNC(=NCC(C)Sc1ccccc1)NC1CCN(CCOC)CC1.I. The molecule has 1 saturated heterocycles. The van der Waals surface area contributed by atoms with Crippen LogP contribution >= 0.6 is 35.7 Å². The molecule has 0 saturated carbocycles. The quantitative estimate of drug-likeness (QED) is 0.233. The van der Waals surface area contributed by atoms with Gasteiger partial charge in [-0.25, -0.2) is 0 Å². The third-order valence-electron chi connectivity index (χ3n) is 4.47. The van der Waals surface area contributed by atoms with Crippen molar-refractivity contribution in [2.45, 2.75) is 42.9 Å². The standard InChI is InChI=1S/C20H34N4OS.HI/c1-4-21-20(22-16-17(2)26-19-8-6-5-7-9-19)23-18-10-12-24(13-11-18)14-15-25-3;/h5-9,17-18H,4,10-16H2,1-3H3,(H2,21,22,23);1H. The molecule has 1 fully saturated rings. The number of aliphatic imine (C=N–C) groups is 1. The molecule has 1 aliphatic heterocycles. The van der Waals surface area contributed by atoms with E-state index in [0.29, 0.717) is 11.3 Å². The molecule has 0 aromatic heterocycles. The molecule has 7 heteroatoms. The van der Waals surface area contributed by atoms with Crippen molar-refractivity contribution in [1.29, 1.82) is 0 Å². The third kappa shape index (κ3) is 10.0. The summed E-state index contributed by atoms with van der Waals surface area (Å²) in [5.74, 6) is 0.948. The number of nitrogens with one attached hydrogen (secondary N) is 2. The van der Waals surface area contributed by atoms with Crippen LogP contribution in [0.15, 0.2) is 40.2 Å². The molecule has 1 aromatic carbocycles. The summed E-state index contributed by atoms with van der Waals surface area (Å²) in [6.07, 6.45) is 2.31. The molecular weight excluding hydrogens is 471 g/mol. The molecular formula is C20H35IN4OS. The smallest absolute Gasteiger partial charge is 0.191 e. The van der Waals surface area contributed by atoms with Gasteiger partial charge in [0.25, 0.3) is 0 Å². The summed E-state index contributed by atoms with van der Waals surface area (Å²) in [4.78, 5) is 8.59. The molecule has 1 unspecified atom stereocenters. The second kappa shape index (κ2) is 14.5. The third-order valence-corrected chi connectivity index (χ3v) is 5.57. The van der Waals surface area contributed by atoms with Gasteiger partial charge >= 0.3 is 0 Å². The second-order valence-corrected chi connectivity index (χ2v) is 8.23. The number of hydrogen-bond acceptors (Lipinski definition) is 4. The average Bonchev–Trinajstić information content (AvgIpc) is 2.66. The summed E-state index contributed by atoms with van der Waals surface area (Å²) in [6, 6.07) is 11.0. The molecule has 1 atom stereocenters. The maximum atomic E-state index is 5.18. The highest BCUT2D eigenvalue weighted by atomic mass is 127. The molecule has 2 rings (SSSR count). The summed E-state index contributed by atoms with van der Waals surface area (Å²) in [5.41, 5.74) is 0. The van der Waals surface area contributed by atoms with Crippen LogP contribution in [0.25, 0.3) is 0 Å². The first-order valence-electron chi connectivity index (χ1n) is 9.69. The minimum Gasteiger partial charge on any atom is -0.383 e. The van der Waals surface area contributed by atoms with Crippen LogP contribution < -0.4 is 10.6 Å². The lowest BCUT2D eigenvalue weighted by atomic mass is 10.1. The van der Waals surface area contributed by atoms with Crippen molar-refractivity contribution in [2.75, 3.05) is 46.4 Å². The number of rotatable bonds is 9. The number of likely N-dealkylation sites (tertiary alicyclic amines) is 1. The summed E-state index contributed by atoms with van der Waals surface area (Å²) in [5, 5.41) is 7.46. The topological polar surface area (TPSA) is 48.9 Å². The predicted molar refractivity (Wildman–Crippen MR) is 128 cm³/mol. The van der Waals surface area contributed by atoms with E-state index < -0.39 is 0 Å². The summed E-state index contributed by atoms with van der Waals surface area (Å²) in [6.45, 7) is 10.2. The van der Waals surface area contributed by atoms with Gasteiger partial charge in [0.1, 0.15) is 0 Å². The lowest BCUT2D eigenvalue weighted by molar-refractivity contribution is 0.128. The van der Waals surface area contributed by atoms with Crippen molar-refractivity contribution in [1.82, 2.24) is 15.5 Å². The zero-order valence-electron chi connectivity index (χ0n) is 16.8. The Balaban J connectivity index is 0.00000364. The molecule has 0 amide bonds. The van der Waals surface area contributed by atoms with Crippen LogP contribution in [0.3, 0.4) is 0 Å². The second-order valence-electron chi connectivity index (χ2n) is 6.71. The highest BCUT2D eigenvalue weighted by Gasteiger charge is 2.19. The monoisotopic (exact) mass is 506 g/mol. The van der Waals surface area contributed by atoms with Gasteiger partial charge in [-0.3, -0.25) is 4.99 Å². The zero-order chi connectivity index (χ0) is 18.6. The molecule has 2 N–H and O–H groups in total. The van der Waals surface area contributed by atoms with Crippen molar-refractivity contribution in [2.24, 2.45) is 4.99 Å². The molecule has 0 spiro atoms. The minimum atomic E-state index is 0. The minimum absolute atomic E-state index is 0. The highest BCUT2D eigenvalue weighted by molar-refractivity contribution is 14.0. The Bertz CT molecular complexity index is 524. The van der Waals surface area contributed by atoms with Crippen molar-refractivity contribution in [3.63, 3.8) is 0 Å². The molecule has 154 valence electrons. The van der Waals surface area contributed by atoms with Gasteiger partial charge < -0.3 is 20.3 Å². The van der Waals surface area contributed by atoms with Gasteiger partial charge in [-0.15, -0.1) is 35.7 Å². The molecule has 27 heavy (non-hydrogen) atoms. The summed E-state index contributed by atoms with van der Waals surface area (Å²) >= 11 is 1.88. The van der Waals surface area contributed by atoms with E-state index in [-0.39, 0.29) is 24.0 Å². The zero-order valence-corrected chi connectivity index (χ0v) is 20.0. The van der Waals surface area contributed by atoms with E-state index in [1.165, 1.54) is 4.90 Å². The summed E-state index contributed by atoms with van der Waals surface area (Å²) < 4.78 is 5.18. The number of nitrogens with zero attached hydrogens (tertiary/aromatic N) is 2. The van der Waals surface area contributed by atoms with Crippen LogP contribution in [0, 0.1) is 0 Å². The lowest BCUT2D eigenvalue weighted by Gasteiger charge is -2.32. The van der Waals surface area contributed by atoms with Gasteiger partial charge in [0.15, 0.2) is 5.96 Å². The van der Waals surface area contributed by atoms with Crippen molar-refractivity contribution in [3.05, 3.63) is 30.3 Å². The van der Waals surface area contributed by atoms with Crippen molar-refractivity contribution in [3.8, 4) is 0 Å². The Morgan fingerprint density at radius 1 is 1.30 bits per heavy atom. The van der Waals surface area contributed by atoms with Gasteiger partial charge in [-0.1, -0.05) is 25.1 Å². The fourth-order valence-electron chi connectivity index (χ4n) is 3.02. The van der Waals surface area contributed by atoms with Crippen LogP contribution in [-0.2, 0) is 4.74 Å². The molecule has 0 bridgehead atoms. The van der Waals surface area contributed by atoms with Gasteiger partial charge in [-0.05, 0) is 31.9 Å². The number of benzene rings is 1. The van der Waals surface area contributed by atoms with E-state index >= 15 is 0 Å². The Labute approximate surface area is 186 Å². The van der Waals surface area contributed by atoms with E-state index in [1.807, 2.05) is 11.8 Å². The number of guanidine groups is 1. The number of halogens is 1. The maximum absolute atomic E-state index is 5.18. The normalized spacial score (nSPS) is 17.2. The number of hydrogen-bond donors (Lipinski definition) is 2. The fraction of sp³-hybridized carbons (Fsp3) is 0.650. The van der Waals surface area contributed by atoms with Crippen LogP contribution in [0.5, 0.6) is 0 Å². The molecule has 1 heterocycles. The fourth-order valence-corrected chi connectivity index (χ4v) is 3.95. The van der Waals surface area contributed by atoms with Crippen molar-refractivity contribution < 1.29 is 4.74 Å². The first-order valence-corrected chi connectivity index (χ1v) is 10.6. The van der Waals surface area contributed by atoms with E-state index in [9.17, 15) is 0 Å². The van der Waals surface area contributed by atoms with Gasteiger partial charge in [0.05, 0.1) is 13.2 Å². The first kappa shape index (κ1) is 24.5. The van der Waals surface area contributed by atoms with Crippen LogP contribution in [0.4, 0.5) is 0 Å². The Morgan fingerprint density at radius 3 is 2.63 bits per heavy atom. The van der Waals surface area contributed by atoms with Gasteiger partial charge in [0.2, 0.25) is 0 Å². The van der Waals surface area contributed by atoms with Crippen LogP contribution in [0.2, 0.25) is 0 Å². The first-order chi connectivity index (χ1) is 12.7. The number of methoxy groups -OCH3 is 1. The molecule has 5 nitrogen and oxygen atoms in total. The number of ether oxygens (including phenoxy) is 1. The molecule has 0 radical (unpaired) electrons. The Kier molecular flexibility index (Phi) is 13.2. The predicted octanol–water partition coefficient (Wildman–Crippen LogP) is 3.45. The van der Waals surface area contributed by atoms with E-state index in [4.69, 9.17) is 9.73 Å². The van der Waals surface area contributed by atoms with E-state index in [1.54, 1.807) is 7.11 Å². The van der Waals surface area contributed by atoms with Gasteiger partial charge in [-0.2, -0.15) is 0 Å². The molecule has 1 aliphatic rings. The van der Waals surface area contributed by atoms with Crippen molar-refractivity contribution >= 4 is 41.7 Å². The van der Waals surface area contributed by atoms with Crippen LogP contribution in [0.1, 0.15) is 26.7 Å². The maximum Gasteiger partial charge on any atom is 0.191 e. The Morgan fingerprint density at radius 2 is 2.00 bits per heavy atom. The lowest BCUT2D eigenvalue weighted by Crippen LogP contribution is -2.49. The Hall–Kier alpha value is -0.510. The summed E-state index contributed by atoms with van der Waals surface area (Å²) in [7, 11) is 1.77. The highest BCUT2D eigenvalue weighted by Crippen LogP contribution is 2.22. The number of thioether (sulfide) groups is 1. The molecule has 0 aliphatic carbocycles. The van der Waals surface area contributed by atoms with Gasteiger partial charge in [0, 0.05) is 49.5 Å². The van der Waals surface area contributed by atoms with E-state index in [0.717, 1.165) is 58.1 Å². The average molecular weight is 506 g/mol. The largest absolute Gasteiger partial charge is 0.383 e. The van der Waals surface area contributed by atoms with Crippen LogP contribution in [-0.4, -0.2) is 68.6 Å². The van der Waals surface area contributed by atoms with E-state index in [2.05, 4.69) is 59.7 Å². The number of piperidine rings is 1. The molecule has 1 aromatic rings.